The number of nitrogens with zero attached hydrogens (tertiary/aromatic N) is 1. The minimum Gasteiger partial charge on any atom is -0.379 e. The van der Waals surface area contributed by atoms with Gasteiger partial charge < -0.3 is 10.4 Å². The van der Waals surface area contributed by atoms with Crippen LogP contribution in [0.5, 0.6) is 0 Å². The number of amides is 1. The number of aliphatic hydroxyl groups is 1. The van der Waals surface area contributed by atoms with E-state index in [0.29, 0.717) is 5.15 Å². The zero-order chi connectivity index (χ0) is 12.0. The van der Waals surface area contributed by atoms with E-state index in [1.54, 1.807) is 12.1 Å². The van der Waals surface area contributed by atoms with Crippen molar-refractivity contribution in [3.8, 4) is 12.3 Å². The van der Waals surface area contributed by atoms with Crippen LogP contribution in [0.1, 0.15) is 5.56 Å². The van der Waals surface area contributed by atoms with Crippen LogP contribution in [0.4, 0.5) is 0 Å². The maximum Gasteiger partial charge on any atom is 0.224 e. The predicted molar refractivity (Wildman–Crippen MR) is 60.8 cm³/mol. The van der Waals surface area contributed by atoms with Crippen LogP contribution in [0.15, 0.2) is 18.3 Å². The predicted octanol–water partition coefficient (Wildman–Crippen LogP) is 0.388. The molecular weight excluding hydrogens is 228 g/mol. The number of carbonyl (C=O) groups excluding carboxylic acids is 1. The summed E-state index contributed by atoms with van der Waals surface area (Å²) in [6.07, 6.45) is 5.71. The van der Waals surface area contributed by atoms with Crippen molar-refractivity contribution in [2.24, 2.45) is 0 Å². The van der Waals surface area contributed by atoms with Gasteiger partial charge in [-0.25, -0.2) is 4.98 Å². The van der Waals surface area contributed by atoms with Crippen molar-refractivity contribution in [3.05, 3.63) is 29.0 Å². The van der Waals surface area contributed by atoms with E-state index in [2.05, 4.69) is 16.2 Å². The molecule has 0 aliphatic carbocycles. The van der Waals surface area contributed by atoms with Crippen molar-refractivity contribution in [3.63, 3.8) is 0 Å². The second kappa shape index (κ2) is 6.11. The number of pyridine rings is 1. The summed E-state index contributed by atoms with van der Waals surface area (Å²) in [4.78, 5) is 15.2. The summed E-state index contributed by atoms with van der Waals surface area (Å²) in [5, 5.41) is 11.9. The topological polar surface area (TPSA) is 62.2 Å². The maximum absolute atomic E-state index is 11.4. The van der Waals surface area contributed by atoms with Gasteiger partial charge in [0.15, 0.2) is 0 Å². The largest absolute Gasteiger partial charge is 0.379 e. The fourth-order valence-corrected chi connectivity index (χ4v) is 1.14. The molecule has 0 aliphatic rings. The third-order valence-corrected chi connectivity index (χ3v) is 2.06. The summed E-state index contributed by atoms with van der Waals surface area (Å²) < 4.78 is 0. The van der Waals surface area contributed by atoms with E-state index < -0.39 is 6.10 Å². The van der Waals surface area contributed by atoms with E-state index in [0.717, 1.165) is 5.56 Å². The lowest BCUT2D eigenvalue weighted by molar-refractivity contribution is -0.120. The lowest BCUT2D eigenvalue weighted by atomic mass is 10.2. The Hall–Kier alpha value is -1.57. The van der Waals surface area contributed by atoms with Gasteiger partial charge in [0.25, 0.3) is 0 Å². The van der Waals surface area contributed by atoms with Gasteiger partial charge in [0.2, 0.25) is 5.91 Å². The first-order valence-electron chi connectivity index (χ1n) is 4.63. The maximum atomic E-state index is 11.4. The van der Waals surface area contributed by atoms with Gasteiger partial charge in [-0.2, -0.15) is 0 Å². The molecule has 0 saturated heterocycles. The fraction of sp³-hybridized carbons (Fsp3) is 0.273. The number of aliphatic hydroxyl groups excluding tert-OH is 1. The average molecular weight is 239 g/mol. The van der Waals surface area contributed by atoms with Crippen LogP contribution in [0.2, 0.25) is 5.15 Å². The molecule has 0 aliphatic heterocycles. The Morgan fingerprint density at radius 2 is 2.44 bits per heavy atom. The molecule has 4 nitrogen and oxygen atoms in total. The number of hydrogen-bond acceptors (Lipinski definition) is 3. The molecule has 1 rings (SSSR count). The molecule has 0 bridgehead atoms. The van der Waals surface area contributed by atoms with Gasteiger partial charge in [-0.05, 0) is 11.6 Å². The lowest BCUT2D eigenvalue weighted by Crippen LogP contribution is -2.32. The normalized spacial score (nSPS) is 11.6. The smallest absolute Gasteiger partial charge is 0.224 e. The molecule has 2 N–H and O–H groups in total. The van der Waals surface area contributed by atoms with E-state index in [1.807, 2.05) is 0 Å². The van der Waals surface area contributed by atoms with Crippen molar-refractivity contribution >= 4 is 17.5 Å². The molecular formula is C11H11ClN2O2. The van der Waals surface area contributed by atoms with Crippen LogP contribution >= 0.6 is 11.6 Å². The first-order chi connectivity index (χ1) is 7.61. The van der Waals surface area contributed by atoms with Crippen molar-refractivity contribution in [2.75, 3.05) is 6.54 Å². The van der Waals surface area contributed by atoms with Crippen LogP contribution < -0.4 is 5.32 Å². The molecule has 0 radical (unpaired) electrons. The third-order valence-electron chi connectivity index (χ3n) is 1.84. The van der Waals surface area contributed by atoms with E-state index in [4.69, 9.17) is 23.1 Å². The highest BCUT2D eigenvalue weighted by Crippen LogP contribution is 2.05. The summed E-state index contributed by atoms with van der Waals surface area (Å²) in [6.45, 7) is 0.0519. The molecule has 0 saturated carbocycles. The summed E-state index contributed by atoms with van der Waals surface area (Å²) in [7, 11) is 0. The first-order valence-corrected chi connectivity index (χ1v) is 5.01. The molecule has 1 amide bonds. The van der Waals surface area contributed by atoms with Crippen LogP contribution in [0.3, 0.4) is 0 Å². The number of nitrogens with one attached hydrogen (secondary N) is 1. The number of rotatable bonds is 4. The Morgan fingerprint density at radius 3 is 3.00 bits per heavy atom. The number of terminal acetylenes is 1. The van der Waals surface area contributed by atoms with Crippen molar-refractivity contribution in [1.82, 2.24) is 10.3 Å². The Kier molecular flexibility index (Phi) is 4.77. The average Bonchev–Trinajstić information content (AvgIpc) is 2.29. The van der Waals surface area contributed by atoms with Gasteiger partial charge in [0.1, 0.15) is 11.3 Å². The van der Waals surface area contributed by atoms with Crippen molar-refractivity contribution in [1.29, 1.82) is 0 Å². The fourth-order valence-electron chi connectivity index (χ4n) is 1.03. The van der Waals surface area contributed by atoms with Crippen LogP contribution in [-0.2, 0) is 11.2 Å². The van der Waals surface area contributed by atoms with Crippen molar-refractivity contribution in [2.45, 2.75) is 12.5 Å². The Bertz CT molecular complexity index is 397. The molecule has 1 aromatic heterocycles. The molecule has 1 atom stereocenters. The summed E-state index contributed by atoms with van der Waals surface area (Å²) in [5.74, 6) is 1.88. The molecule has 0 spiro atoms. The van der Waals surface area contributed by atoms with E-state index in [9.17, 15) is 4.79 Å². The van der Waals surface area contributed by atoms with Gasteiger partial charge in [-0.1, -0.05) is 23.6 Å². The number of halogens is 1. The molecule has 16 heavy (non-hydrogen) atoms. The molecule has 0 aromatic carbocycles. The zero-order valence-corrected chi connectivity index (χ0v) is 9.24. The minimum atomic E-state index is -0.952. The first kappa shape index (κ1) is 12.5. The number of hydrogen-bond donors (Lipinski definition) is 2. The van der Waals surface area contributed by atoms with Crippen LogP contribution in [-0.4, -0.2) is 28.6 Å². The molecule has 0 fully saturated rings. The standard InChI is InChI=1S/C11H11ClN2O2/c1-2-9(15)7-14-11(16)5-8-3-4-10(12)13-6-8/h1,3-4,6,9,15H,5,7H2,(H,14,16). The molecule has 1 aromatic rings. The highest BCUT2D eigenvalue weighted by Gasteiger charge is 2.05. The molecule has 1 unspecified atom stereocenters. The van der Waals surface area contributed by atoms with Gasteiger partial charge in [0.05, 0.1) is 13.0 Å². The summed E-state index contributed by atoms with van der Waals surface area (Å²) in [6, 6.07) is 3.33. The highest BCUT2D eigenvalue weighted by molar-refractivity contribution is 6.29. The van der Waals surface area contributed by atoms with Gasteiger partial charge in [0, 0.05) is 6.20 Å². The van der Waals surface area contributed by atoms with E-state index in [1.165, 1.54) is 6.20 Å². The zero-order valence-electron chi connectivity index (χ0n) is 8.48. The van der Waals surface area contributed by atoms with Crippen LogP contribution in [0, 0.1) is 12.3 Å². The molecule has 84 valence electrons. The summed E-state index contributed by atoms with van der Waals surface area (Å²) in [5.41, 5.74) is 0.747. The third kappa shape index (κ3) is 4.30. The van der Waals surface area contributed by atoms with Gasteiger partial charge in [-0.3, -0.25) is 4.79 Å². The Morgan fingerprint density at radius 1 is 1.69 bits per heavy atom. The highest BCUT2D eigenvalue weighted by atomic mass is 35.5. The number of carbonyl (C=O) groups is 1. The van der Waals surface area contributed by atoms with Gasteiger partial charge >= 0.3 is 0 Å². The second-order valence-corrected chi connectivity index (χ2v) is 3.54. The molecule has 5 heteroatoms. The SMILES string of the molecule is C#CC(O)CNC(=O)Cc1ccc(Cl)nc1. The monoisotopic (exact) mass is 238 g/mol. The number of aromatic nitrogens is 1. The Balaban J connectivity index is 2.40. The van der Waals surface area contributed by atoms with E-state index >= 15 is 0 Å². The van der Waals surface area contributed by atoms with Crippen molar-refractivity contribution < 1.29 is 9.90 Å². The van der Waals surface area contributed by atoms with E-state index in [-0.39, 0.29) is 18.9 Å². The lowest BCUT2D eigenvalue weighted by Gasteiger charge is -2.06. The van der Waals surface area contributed by atoms with Crippen LogP contribution in [0.25, 0.3) is 0 Å². The Labute approximate surface area is 98.6 Å². The quantitative estimate of drug-likeness (QED) is 0.589. The molecule has 1 heterocycles. The second-order valence-electron chi connectivity index (χ2n) is 3.15. The van der Waals surface area contributed by atoms with Gasteiger partial charge in [-0.15, -0.1) is 6.42 Å². The summed E-state index contributed by atoms with van der Waals surface area (Å²) >= 11 is 5.60. The minimum absolute atomic E-state index is 0.0519.